The lowest BCUT2D eigenvalue weighted by Crippen LogP contribution is -2.43. The summed E-state index contributed by atoms with van der Waals surface area (Å²) in [5, 5.41) is 27.0. The Labute approximate surface area is 715 Å². The number of carboxylic acids is 1. The molecule has 0 heterocycles. The summed E-state index contributed by atoms with van der Waals surface area (Å²) in [5.41, 5.74) is 5.15. The summed E-state index contributed by atoms with van der Waals surface area (Å²) in [5.74, 6) is -3.25. The number of carbonyl (C=O) groups is 7. The van der Waals surface area contributed by atoms with Crippen LogP contribution in [0.5, 0.6) is 57.5 Å². The molecular formula is C93H104F4O27. The first-order valence-corrected chi connectivity index (χ1v) is 39.9. The number of hydrogen-bond donors (Lipinski definition) is 3. The second-order valence-electron chi connectivity index (χ2n) is 29.7. The summed E-state index contributed by atoms with van der Waals surface area (Å²) >= 11 is 0. The number of Topliss-reactive ketones (excluding diaryl/α,β-unsaturated/α-hetero) is 2. The molecule has 15 rings (SSSR count). The normalized spacial score (nSPS) is 19.1. The monoisotopic (exact) mass is 1730 g/mol. The van der Waals surface area contributed by atoms with Crippen molar-refractivity contribution in [2.24, 2.45) is 0 Å². The van der Waals surface area contributed by atoms with Gasteiger partial charge in [-0.2, -0.15) is 0 Å². The summed E-state index contributed by atoms with van der Waals surface area (Å²) < 4.78 is 140. The summed E-state index contributed by atoms with van der Waals surface area (Å²) in [6.45, 7) is 1.91. The molecule has 0 saturated heterocycles. The Balaban J connectivity index is 0.000000165. The quantitative estimate of drug-likeness (QED) is 0.0223. The van der Waals surface area contributed by atoms with E-state index in [9.17, 15) is 56.2 Å². The van der Waals surface area contributed by atoms with Gasteiger partial charge in [0.15, 0.2) is 57.5 Å². The fraction of sp³-hybridized carbons (Fsp3) is 0.409. The zero-order chi connectivity index (χ0) is 89.5. The molecule has 0 bridgehead atoms. The number of aromatic carboxylic acids is 1. The molecule has 7 fully saturated rings. The van der Waals surface area contributed by atoms with Gasteiger partial charge in [-0.25, -0.2) is 41.5 Å². The van der Waals surface area contributed by atoms with Crippen molar-refractivity contribution in [1.29, 1.82) is 0 Å². The van der Waals surface area contributed by atoms with E-state index in [4.69, 9.17) is 76.5 Å². The number of benzene rings is 8. The molecule has 124 heavy (non-hydrogen) atoms. The van der Waals surface area contributed by atoms with Gasteiger partial charge in [0.05, 0.1) is 142 Å². The number of carboxylic acid groups (broad SMARTS) is 1. The van der Waals surface area contributed by atoms with Crippen LogP contribution < -0.4 is 47.4 Å². The second-order valence-corrected chi connectivity index (χ2v) is 29.7. The van der Waals surface area contributed by atoms with Crippen molar-refractivity contribution in [3.63, 3.8) is 0 Å². The lowest BCUT2D eigenvalue weighted by atomic mass is 9.91. The maximum Gasteiger partial charge on any atom is 0.337 e. The van der Waals surface area contributed by atoms with Gasteiger partial charge < -0.3 is 95.8 Å². The minimum atomic E-state index is -2.65. The highest BCUT2D eigenvalue weighted by molar-refractivity contribution is 5.92. The van der Waals surface area contributed by atoms with E-state index < -0.39 is 53.9 Å². The Morgan fingerprint density at radius 3 is 0.815 bits per heavy atom. The Morgan fingerprint density at radius 2 is 0.548 bits per heavy atom. The number of esters is 4. The molecule has 0 atom stereocenters. The Hall–Kier alpha value is -12.0. The van der Waals surface area contributed by atoms with E-state index in [1.807, 2.05) is 66.7 Å². The van der Waals surface area contributed by atoms with Crippen LogP contribution in [-0.2, 0) is 62.6 Å². The lowest BCUT2D eigenvalue weighted by Gasteiger charge is -2.35. The minimum absolute atomic E-state index is 0.0119. The maximum atomic E-state index is 12.7. The van der Waals surface area contributed by atoms with Crippen LogP contribution in [-0.4, -0.2) is 194 Å². The number of alkyl halides is 4. The van der Waals surface area contributed by atoms with Crippen molar-refractivity contribution in [2.45, 2.75) is 183 Å². The van der Waals surface area contributed by atoms with Crippen molar-refractivity contribution in [2.75, 3.05) is 64.0 Å². The molecular weight excluding hydrogens is 1620 g/mol. The van der Waals surface area contributed by atoms with Crippen molar-refractivity contribution in [3.05, 3.63) is 226 Å². The lowest BCUT2D eigenvalue weighted by molar-refractivity contribution is -0.135. The van der Waals surface area contributed by atoms with E-state index in [2.05, 4.69) is 38.5 Å². The number of aliphatic hydroxyl groups excluding tert-OH is 2. The van der Waals surface area contributed by atoms with E-state index in [-0.39, 0.29) is 97.4 Å². The summed E-state index contributed by atoms with van der Waals surface area (Å²) in [6, 6.07) is 53.5. The molecule has 666 valence electrons. The van der Waals surface area contributed by atoms with Crippen LogP contribution >= 0.6 is 0 Å². The van der Waals surface area contributed by atoms with Gasteiger partial charge in [-0.3, -0.25) is 9.59 Å². The van der Waals surface area contributed by atoms with Gasteiger partial charge in [0.2, 0.25) is 0 Å². The molecule has 7 saturated carbocycles. The average Bonchev–Trinajstić information content (AvgIpc) is 0.785. The van der Waals surface area contributed by atoms with Gasteiger partial charge >= 0.3 is 29.8 Å². The van der Waals surface area contributed by atoms with Gasteiger partial charge in [0.25, 0.3) is 11.8 Å². The van der Waals surface area contributed by atoms with E-state index >= 15 is 0 Å². The van der Waals surface area contributed by atoms with Crippen LogP contribution in [0.1, 0.15) is 158 Å². The number of rotatable bonds is 29. The fourth-order valence-corrected chi connectivity index (χ4v) is 12.7. The summed E-state index contributed by atoms with van der Waals surface area (Å²) in [7, 11) is 12.6. The average molecular weight is 1730 g/mol. The van der Waals surface area contributed by atoms with Crippen LogP contribution in [0.3, 0.4) is 0 Å². The molecule has 3 N–H and O–H groups in total. The number of ether oxygens (including phenoxy) is 17. The third-order valence-corrected chi connectivity index (χ3v) is 20.3. The molecule has 27 nitrogen and oxygen atoms in total. The SMILES string of the molecule is COC(=O)c1ccc(OC2CC(=O)C2)c(OC)c1.COC(=O)c1ccc(OC2CC(F)(F)C2)c(OC)c1.COC(=O)c1ccc(OC2CC(O)C2)c(OC)c1.COC(=O)c1ccc(OC2CC(OCc3ccccc3)C2)c(OC)c1.COc1cc(C(=O)O)ccc1OC1CC(F)(F)C1.O=C1CC(OCc2ccccc2)C1.OC1CC(OCc2ccccc2)C1. The standard InChI is InChI=1S/C20H22O5.C13H14F2O4.C13H16O5.C13H14O5.C12H12F2O4.C11H14O2.C11H12O2/c1-22-19-10-15(20(21)23-2)8-9-18(19)25-17-11-16(12-17)24-13-14-6-4-3-5-7-14;1-17-11-5-8(12(16)18-2)3-4-10(11)19-9-6-13(14,15)7-9;2*1-16-12-5-8(13(15)17-2)3-4-11(12)18-10-6-9(14)7-10;1-17-10-4-7(11(15)16)2-3-9(10)18-8-5-12(13,14)6-8;2*12-10-6-11(7-10)13-8-9-4-2-1-3-5-9/h3-10,16-17H,11-13H2,1-2H3;3-5,9H,6-7H2,1-2H3;3-5,9-10,14H,6-7H2,1-2H3;3-5,10H,6-7H2,1-2H3;2-4,8H,5-6H2,1H3,(H,15,16);1-5,10-12H,6-8H2;1-5,11H,6-8H2. The largest absolute Gasteiger partial charge is 0.493 e. The number of ketones is 2. The second kappa shape index (κ2) is 47.0. The van der Waals surface area contributed by atoms with Crippen molar-refractivity contribution in [3.8, 4) is 57.5 Å². The Kier molecular flexibility index (Phi) is 36.3. The van der Waals surface area contributed by atoms with E-state index in [0.717, 1.165) is 25.7 Å². The summed E-state index contributed by atoms with van der Waals surface area (Å²) in [4.78, 5) is 77.9. The molecule has 0 radical (unpaired) electrons. The topological polar surface area (TPSA) is 337 Å². The fourth-order valence-electron chi connectivity index (χ4n) is 12.7. The van der Waals surface area contributed by atoms with Crippen LogP contribution in [0.4, 0.5) is 17.6 Å². The first-order valence-electron chi connectivity index (χ1n) is 39.9. The predicted octanol–water partition coefficient (Wildman–Crippen LogP) is 15.5. The molecule has 0 aromatic heterocycles. The van der Waals surface area contributed by atoms with Crippen molar-refractivity contribution in [1.82, 2.24) is 0 Å². The molecule has 0 unspecified atom stereocenters. The first-order chi connectivity index (χ1) is 59.5. The first kappa shape index (κ1) is 95.8. The van der Waals surface area contributed by atoms with Crippen molar-refractivity contribution < 1.29 is 147 Å². The maximum absolute atomic E-state index is 12.7. The Bertz CT molecular complexity index is 4760. The van der Waals surface area contributed by atoms with Crippen LogP contribution in [0.2, 0.25) is 0 Å². The molecule has 0 spiro atoms. The van der Waals surface area contributed by atoms with Crippen LogP contribution in [0.25, 0.3) is 0 Å². The number of hydrogen-bond acceptors (Lipinski definition) is 26. The number of aliphatic hydroxyl groups is 2. The number of halogens is 4. The van der Waals surface area contributed by atoms with Gasteiger partial charge in [0, 0.05) is 77.0 Å². The van der Waals surface area contributed by atoms with Crippen molar-refractivity contribution >= 4 is 41.4 Å². The third kappa shape index (κ3) is 29.6. The third-order valence-electron chi connectivity index (χ3n) is 20.3. The molecule has 0 amide bonds. The van der Waals surface area contributed by atoms with Gasteiger partial charge in [-0.05, 0) is 121 Å². The molecule has 8 aromatic rings. The minimum Gasteiger partial charge on any atom is -0.493 e. The number of carbonyl (C=O) groups excluding carboxylic acids is 6. The molecule has 0 aliphatic heterocycles. The zero-order valence-electron chi connectivity index (χ0n) is 70.3. The molecule has 8 aromatic carbocycles. The van der Waals surface area contributed by atoms with E-state index in [1.54, 1.807) is 61.7 Å². The smallest absolute Gasteiger partial charge is 0.337 e. The zero-order valence-corrected chi connectivity index (χ0v) is 70.3. The molecule has 7 aliphatic rings. The van der Waals surface area contributed by atoms with Crippen LogP contribution in [0.15, 0.2) is 182 Å². The summed E-state index contributed by atoms with van der Waals surface area (Å²) in [6.07, 6.45) is 4.59. The van der Waals surface area contributed by atoms with E-state index in [1.165, 1.54) is 110 Å². The highest BCUT2D eigenvalue weighted by Crippen LogP contribution is 2.44. The highest BCUT2D eigenvalue weighted by atomic mass is 19.3. The van der Waals surface area contributed by atoms with Gasteiger partial charge in [-0.15, -0.1) is 0 Å². The molecule has 31 heteroatoms. The van der Waals surface area contributed by atoms with E-state index in [0.29, 0.717) is 132 Å². The molecule has 7 aliphatic carbocycles. The van der Waals surface area contributed by atoms with Crippen LogP contribution in [0, 0.1) is 0 Å². The number of methoxy groups -OCH3 is 9. The van der Waals surface area contributed by atoms with Gasteiger partial charge in [0.1, 0.15) is 42.1 Å². The highest BCUT2D eigenvalue weighted by Gasteiger charge is 2.48. The Morgan fingerprint density at radius 1 is 0.306 bits per heavy atom. The predicted molar refractivity (Wildman–Crippen MR) is 441 cm³/mol. The van der Waals surface area contributed by atoms with Gasteiger partial charge in [-0.1, -0.05) is 91.0 Å².